The average Bonchev–Trinajstić information content (AvgIpc) is 2.03. The van der Waals surface area contributed by atoms with Gasteiger partial charge in [0, 0.05) is 0 Å². The smallest absolute Gasteiger partial charge is 0.145 e. The molecule has 0 radical (unpaired) electrons. The molecule has 64 valence electrons. The molecule has 0 amide bonds. The summed E-state index contributed by atoms with van der Waals surface area (Å²) in [4.78, 5) is 0. The molecule has 0 bridgehead atoms. The lowest BCUT2D eigenvalue weighted by Crippen LogP contribution is -1.83. The highest BCUT2D eigenvalue weighted by molar-refractivity contribution is 6.32. The van der Waals surface area contributed by atoms with Crippen molar-refractivity contribution >= 4 is 11.6 Å². The molecule has 0 atom stereocenters. The van der Waals surface area contributed by atoms with Crippen LogP contribution in [0.1, 0.15) is 6.92 Å². The summed E-state index contributed by atoms with van der Waals surface area (Å²) in [5.41, 5.74) is 0. The average molecular weight is 187 g/mol. The first-order chi connectivity index (χ1) is 5.74. The second-order valence-corrected chi connectivity index (χ2v) is 2.57. The highest BCUT2D eigenvalue weighted by Gasteiger charge is 2.00. The quantitative estimate of drug-likeness (QED) is 0.644. The van der Waals surface area contributed by atoms with Crippen molar-refractivity contribution in [3.63, 3.8) is 0 Å². The van der Waals surface area contributed by atoms with Crippen molar-refractivity contribution in [1.82, 2.24) is 0 Å². The lowest BCUT2D eigenvalue weighted by Gasteiger charge is -2.01. The SMILES string of the molecule is C/C=C\Oc1ccc(F)cc1Cl. The van der Waals surface area contributed by atoms with Crippen LogP contribution in [-0.2, 0) is 0 Å². The van der Waals surface area contributed by atoms with Crippen molar-refractivity contribution in [3.05, 3.63) is 41.4 Å². The molecule has 0 aromatic heterocycles. The van der Waals surface area contributed by atoms with Gasteiger partial charge < -0.3 is 4.74 Å². The lowest BCUT2D eigenvalue weighted by atomic mass is 10.3. The second kappa shape index (κ2) is 4.12. The van der Waals surface area contributed by atoms with Crippen LogP contribution in [0.15, 0.2) is 30.5 Å². The lowest BCUT2D eigenvalue weighted by molar-refractivity contribution is 0.478. The first kappa shape index (κ1) is 9.07. The Morgan fingerprint density at radius 2 is 2.25 bits per heavy atom. The van der Waals surface area contributed by atoms with Crippen LogP contribution in [0.4, 0.5) is 4.39 Å². The number of hydrogen-bond donors (Lipinski definition) is 0. The predicted molar refractivity (Wildman–Crippen MR) is 46.9 cm³/mol. The van der Waals surface area contributed by atoms with Crippen LogP contribution in [0.3, 0.4) is 0 Å². The van der Waals surface area contributed by atoms with E-state index >= 15 is 0 Å². The van der Waals surface area contributed by atoms with Crippen molar-refractivity contribution in [1.29, 1.82) is 0 Å². The zero-order valence-electron chi connectivity index (χ0n) is 6.55. The van der Waals surface area contributed by atoms with Crippen molar-refractivity contribution in [3.8, 4) is 5.75 Å². The Morgan fingerprint density at radius 3 is 2.83 bits per heavy atom. The molecular formula is C9H8ClFO. The summed E-state index contributed by atoms with van der Waals surface area (Å²) in [5, 5.41) is 0.271. The summed E-state index contributed by atoms with van der Waals surface area (Å²) in [6.07, 6.45) is 3.21. The van der Waals surface area contributed by atoms with Gasteiger partial charge in [-0.3, -0.25) is 0 Å². The number of benzene rings is 1. The van der Waals surface area contributed by atoms with Gasteiger partial charge in [-0.15, -0.1) is 0 Å². The number of allylic oxidation sites excluding steroid dienone is 1. The third kappa shape index (κ3) is 2.24. The Bertz CT molecular complexity index is 297. The summed E-state index contributed by atoms with van der Waals surface area (Å²) in [7, 11) is 0. The summed E-state index contributed by atoms with van der Waals surface area (Å²) in [6.45, 7) is 1.82. The summed E-state index contributed by atoms with van der Waals surface area (Å²) in [5.74, 6) is 0.0870. The molecule has 0 saturated heterocycles. The maximum Gasteiger partial charge on any atom is 0.145 e. The van der Waals surface area contributed by atoms with E-state index in [4.69, 9.17) is 16.3 Å². The molecule has 1 aromatic carbocycles. The molecule has 0 saturated carbocycles. The third-order valence-electron chi connectivity index (χ3n) is 1.23. The molecule has 1 aromatic rings. The van der Waals surface area contributed by atoms with Gasteiger partial charge in [0.25, 0.3) is 0 Å². The Balaban J connectivity index is 2.86. The Morgan fingerprint density at radius 1 is 1.50 bits per heavy atom. The number of halogens is 2. The first-order valence-electron chi connectivity index (χ1n) is 3.47. The fraction of sp³-hybridized carbons (Fsp3) is 0.111. The summed E-state index contributed by atoms with van der Waals surface area (Å²) in [6, 6.07) is 3.99. The molecule has 0 heterocycles. The topological polar surface area (TPSA) is 9.23 Å². The monoisotopic (exact) mass is 186 g/mol. The van der Waals surface area contributed by atoms with Gasteiger partial charge in [-0.1, -0.05) is 17.7 Å². The minimum Gasteiger partial charge on any atom is -0.464 e. The van der Waals surface area contributed by atoms with Gasteiger partial charge >= 0.3 is 0 Å². The van der Waals surface area contributed by atoms with Crippen LogP contribution in [0.5, 0.6) is 5.75 Å². The van der Waals surface area contributed by atoms with Gasteiger partial charge in [0.15, 0.2) is 0 Å². The molecule has 0 spiro atoms. The van der Waals surface area contributed by atoms with Crippen molar-refractivity contribution in [2.24, 2.45) is 0 Å². The van der Waals surface area contributed by atoms with Crippen molar-refractivity contribution in [2.45, 2.75) is 6.92 Å². The Labute approximate surface area is 75.4 Å². The minimum absolute atomic E-state index is 0.271. The summed E-state index contributed by atoms with van der Waals surface area (Å²) >= 11 is 5.67. The standard InChI is InChI=1S/C9H8ClFO/c1-2-5-12-9-4-3-7(11)6-8(9)10/h2-6H,1H3/b5-2-. The van der Waals surface area contributed by atoms with Crippen LogP contribution in [-0.4, -0.2) is 0 Å². The fourth-order valence-corrected chi connectivity index (χ4v) is 0.924. The van der Waals surface area contributed by atoms with E-state index < -0.39 is 0 Å². The van der Waals surface area contributed by atoms with Crippen molar-refractivity contribution in [2.75, 3.05) is 0 Å². The van der Waals surface area contributed by atoms with E-state index in [0.29, 0.717) is 5.75 Å². The minimum atomic E-state index is -0.368. The van der Waals surface area contributed by atoms with Crippen LogP contribution in [0.2, 0.25) is 5.02 Å². The highest BCUT2D eigenvalue weighted by atomic mass is 35.5. The van der Waals surface area contributed by atoms with Gasteiger partial charge in [-0.05, 0) is 25.1 Å². The molecule has 0 aliphatic carbocycles. The summed E-state index contributed by atoms with van der Waals surface area (Å²) < 4.78 is 17.6. The molecule has 1 rings (SSSR count). The van der Waals surface area contributed by atoms with Crippen molar-refractivity contribution < 1.29 is 9.13 Å². The molecule has 0 N–H and O–H groups in total. The fourth-order valence-electron chi connectivity index (χ4n) is 0.712. The van der Waals surface area contributed by atoms with E-state index in [0.717, 1.165) is 0 Å². The highest BCUT2D eigenvalue weighted by Crippen LogP contribution is 2.24. The van der Waals surface area contributed by atoms with E-state index in [1.807, 2.05) is 6.92 Å². The van der Waals surface area contributed by atoms with Gasteiger partial charge in [0.2, 0.25) is 0 Å². The van der Waals surface area contributed by atoms with E-state index in [1.165, 1.54) is 24.5 Å². The van der Waals surface area contributed by atoms with E-state index in [9.17, 15) is 4.39 Å². The molecule has 0 unspecified atom stereocenters. The number of hydrogen-bond acceptors (Lipinski definition) is 1. The molecule has 12 heavy (non-hydrogen) atoms. The molecule has 3 heteroatoms. The normalized spacial score (nSPS) is 10.6. The van der Waals surface area contributed by atoms with Gasteiger partial charge in [0.1, 0.15) is 11.6 Å². The molecule has 0 fully saturated rings. The zero-order valence-corrected chi connectivity index (χ0v) is 7.31. The van der Waals surface area contributed by atoms with Gasteiger partial charge in [-0.25, -0.2) is 4.39 Å². The predicted octanol–water partition coefficient (Wildman–Crippen LogP) is 3.39. The third-order valence-corrected chi connectivity index (χ3v) is 1.52. The molecule has 0 aliphatic rings. The maximum absolute atomic E-state index is 12.5. The number of rotatable bonds is 2. The Kier molecular flexibility index (Phi) is 3.11. The van der Waals surface area contributed by atoms with Crippen LogP contribution in [0, 0.1) is 5.82 Å². The van der Waals surface area contributed by atoms with Crippen LogP contribution >= 0.6 is 11.6 Å². The first-order valence-corrected chi connectivity index (χ1v) is 3.84. The van der Waals surface area contributed by atoms with E-state index in [-0.39, 0.29) is 10.8 Å². The number of ether oxygens (including phenoxy) is 1. The van der Waals surface area contributed by atoms with E-state index in [2.05, 4.69) is 0 Å². The van der Waals surface area contributed by atoms with Gasteiger partial charge in [-0.2, -0.15) is 0 Å². The maximum atomic E-state index is 12.5. The van der Waals surface area contributed by atoms with Crippen LogP contribution < -0.4 is 4.74 Å². The van der Waals surface area contributed by atoms with Crippen LogP contribution in [0.25, 0.3) is 0 Å². The second-order valence-electron chi connectivity index (χ2n) is 2.16. The van der Waals surface area contributed by atoms with E-state index in [1.54, 1.807) is 6.08 Å². The zero-order chi connectivity index (χ0) is 8.97. The largest absolute Gasteiger partial charge is 0.464 e. The Hall–Kier alpha value is -1.02. The molecular weight excluding hydrogens is 179 g/mol. The molecule has 0 aliphatic heterocycles. The molecule has 1 nitrogen and oxygen atoms in total. The van der Waals surface area contributed by atoms with Gasteiger partial charge in [0.05, 0.1) is 11.3 Å².